The summed E-state index contributed by atoms with van der Waals surface area (Å²) in [6, 6.07) is 0. The van der Waals surface area contributed by atoms with Crippen LogP contribution in [-0.4, -0.2) is 37.7 Å². The van der Waals surface area contributed by atoms with Crippen LogP contribution in [0.2, 0.25) is 0 Å². The maximum atomic E-state index is 0. The van der Waals surface area contributed by atoms with E-state index in [4.69, 9.17) is 0 Å². The minimum atomic E-state index is 0. The SMILES string of the molecule is Cl.Cl.Cl.Cl.[CaH2].[Eu]. The minimum Gasteiger partial charge on any atom is 0 e. The largest absolute Gasteiger partial charge is 0 e. The predicted molar refractivity (Wildman–Crippen MR) is 37.5 cm³/mol. The van der Waals surface area contributed by atoms with Crippen molar-refractivity contribution in [1.82, 2.24) is 0 Å². The Kier molecular flexibility index (Phi) is 303. The van der Waals surface area contributed by atoms with E-state index in [9.17, 15) is 0 Å². The quantitative estimate of drug-likeness (QED) is 0.572. The van der Waals surface area contributed by atoms with Gasteiger partial charge in [0.2, 0.25) is 0 Å². The van der Waals surface area contributed by atoms with Crippen molar-refractivity contribution >= 4 is 87.4 Å². The molecule has 0 aliphatic rings. The second-order valence-electron chi connectivity index (χ2n) is 0. The van der Waals surface area contributed by atoms with Gasteiger partial charge in [-0.05, 0) is 0 Å². The summed E-state index contributed by atoms with van der Waals surface area (Å²) in [6.07, 6.45) is 0. The van der Waals surface area contributed by atoms with Crippen LogP contribution in [-0.2, 0) is 0 Å². The van der Waals surface area contributed by atoms with Gasteiger partial charge in [0.05, 0.1) is 0 Å². The Balaban J connectivity index is 0. The molecule has 0 spiro atoms. The Morgan fingerprint density at radius 1 is 0.500 bits per heavy atom. The van der Waals surface area contributed by atoms with E-state index in [0.29, 0.717) is 0 Å². The zero-order valence-corrected chi connectivity index (χ0v) is 7.70. The molecule has 43 valence electrons. The maximum absolute atomic E-state index is 0. The van der Waals surface area contributed by atoms with E-state index in [1.807, 2.05) is 0 Å². The Bertz CT molecular complexity index is 7.51. The number of hydrogen-bond acceptors (Lipinski definition) is 0. The molecule has 0 atom stereocenters. The summed E-state index contributed by atoms with van der Waals surface area (Å²) in [6.45, 7) is 0. The van der Waals surface area contributed by atoms with Crippen molar-refractivity contribution in [1.29, 1.82) is 0 Å². The Morgan fingerprint density at radius 2 is 0.500 bits per heavy atom. The summed E-state index contributed by atoms with van der Waals surface area (Å²) in [5.41, 5.74) is 0. The standard InChI is InChI=1S/Ca.4ClH.Eu.2H/h;4*1H;;;. The number of hydrogen-bond donors (Lipinski definition) is 0. The van der Waals surface area contributed by atoms with Crippen molar-refractivity contribution in [2.75, 3.05) is 0 Å². The van der Waals surface area contributed by atoms with E-state index in [0.717, 1.165) is 0 Å². The van der Waals surface area contributed by atoms with Crippen molar-refractivity contribution in [3.05, 3.63) is 0 Å². The summed E-state index contributed by atoms with van der Waals surface area (Å²) in [5.74, 6) is 0. The Hall–Kier alpha value is 4.00. The van der Waals surface area contributed by atoms with Crippen LogP contribution in [0.1, 0.15) is 0 Å². The fourth-order valence-corrected chi connectivity index (χ4v) is 0. The molecule has 0 unspecified atom stereocenters. The first-order valence-electron chi connectivity index (χ1n) is 0. The van der Waals surface area contributed by atoms with Crippen LogP contribution in [0.25, 0.3) is 0 Å². The van der Waals surface area contributed by atoms with Crippen molar-refractivity contribution < 1.29 is 49.4 Å². The number of halogens is 4. The Morgan fingerprint density at radius 3 is 0.500 bits per heavy atom. The van der Waals surface area contributed by atoms with Crippen LogP contribution in [0.3, 0.4) is 0 Å². The Labute approximate surface area is 133 Å². The monoisotopic (exact) mass is 339 g/mol. The fourth-order valence-electron chi connectivity index (χ4n) is 0. The molecule has 0 aliphatic carbocycles. The van der Waals surface area contributed by atoms with E-state index in [1.54, 1.807) is 0 Å². The first-order chi connectivity index (χ1) is 0. The molecule has 0 rings (SSSR count). The fraction of sp³-hybridized carbons (Fsp3) is 0. The van der Waals surface area contributed by atoms with Crippen molar-refractivity contribution in [2.45, 2.75) is 0 Å². The first-order valence-corrected chi connectivity index (χ1v) is 0. The molecule has 6 heteroatoms. The van der Waals surface area contributed by atoms with Gasteiger partial charge in [-0.3, -0.25) is 0 Å². The molecule has 0 fully saturated rings. The summed E-state index contributed by atoms with van der Waals surface area (Å²) < 4.78 is 0. The molecule has 0 nitrogen and oxygen atoms in total. The molecular weight excluding hydrogens is 334 g/mol. The van der Waals surface area contributed by atoms with Crippen molar-refractivity contribution in [3.63, 3.8) is 0 Å². The van der Waals surface area contributed by atoms with Crippen LogP contribution >= 0.6 is 49.6 Å². The van der Waals surface area contributed by atoms with Gasteiger partial charge >= 0.3 is 37.7 Å². The molecule has 0 aromatic carbocycles. The van der Waals surface area contributed by atoms with Crippen LogP contribution in [0.15, 0.2) is 0 Å². The molecule has 0 N–H and O–H groups in total. The summed E-state index contributed by atoms with van der Waals surface area (Å²) in [7, 11) is 0. The van der Waals surface area contributed by atoms with Gasteiger partial charge in [-0.2, -0.15) is 0 Å². The third-order valence-corrected chi connectivity index (χ3v) is 0. The van der Waals surface area contributed by atoms with Crippen LogP contribution in [0.4, 0.5) is 0 Å². The molecule has 0 aromatic rings. The van der Waals surface area contributed by atoms with Gasteiger partial charge in [-0.25, -0.2) is 0 Å². The maximum Gasteiger partial charge on any atom is 0 e. The second kappa shape index (κ2) is 36.0. The van der Waals surface area contributed by atoms with E-state index < -0.39 is 0 Å². The number of rotatable bonds is 0. The second-order valence-corrected chi connectivity index (χ2v) is 0. The van der Waals surface area contributed by atoms with E-state index in [1.165, 1.54) is 0 Å². The first kappa shape index (κ1) is 50.6. The van der Waals surface area contributed by atoms with Crippen molar-refractivity contribution in [3.8, 4) is 0 Å². The summed E-state index contributed by atoms with van der Waals surface area (Å²) >= 11 is 0. The average molecular weight is 340 g/mol. The van der Waals surface area contributed by atoms with Crippen molar-refractivity contribution in [2.24, 2.45) is 0 Å². The predicted octanol–water partition coefficient (Wildman–Crippen LogP) is 0.771. The molecule has 0 aliphatic heterocycles. The molecule has 0 heterocycles. The van der Waals surface area contributed by atoms with Gasteiger partial charge in [0.1, 0.15) is 0 Å². The average Bonchev–Trinajstić information content (AvgIpc) is 0. The smallest absolute Gasteiger partial charge is 0 e. The van der Waals surface area contributed by atoms with Gasteiger partial charge < -0.3 is 0 Å². The molecule has 0 amide bonds. The molecule has 1 radical (unpaired) electrons. The zero-order chi connectivity index (χ0) is 0. The topological polar surface area (TPSA) is 0 Å². The van der Waals surface area contributed by atoms with Crippen LogP contribution in [0.5, 0.6) is 0 Å². The molecule has 0 saturated carbocycles. The molecule has 0 bridgehead atoms. The molecule has 6 heavy (non-hydrogen) atoms. The van der Waals surface area contributed by atoms with Gasteiger partial charge in [-0.1, -0.05) is 0 Å². The van der Waals surface area contributed by atoms with E-state index in [-0.39, 0.29) is 137 Å². The molecule has 0 saturated heterocycles. The van der Waals surface area contributed by atoms with Gasteiger partial charge in [-0.15, -0.1) is 49.6 Å². The molecule has 0 aromatic heterocycles. The van der Waals surface area contributed by atoms with Gasteiger partial charge in [0.15, 0.2) is 0 Å². The summed E-state index contributed by atoms with van der Waals surface area (Å²) in [4.78, 5) is 0. The third-order valence-electron chi connectivity index (χ3n) is 0. The van der Waals surface area contributed by atoms with Crippen LogP contribution < -0.4 is 0 Å². The van der Waals surface area contributed by atoms with Gasteiger partial charge in [0.25, 0.3) is 0 Å². The zero-order valence-electron chi connectivity index (χ0n) is 2.01. The third kappa shape index (κ3) is 24.5. The van der Waals surface area contributed by atoms with Crippen LogP contribution in [0, 0.1) is 49.4 Å². The van der Waals surface area contributed by atoms with E-state index in [2.05, 4.69) is 0 Å². The van der Waals surface area contributed by atoms with E-state index >= 15 is 0 Å². The summed E-state index contributed by atoms with van der Waals surface area (Å²) in [5, 5.41) is 0. The normalized spacial score (nSPS) is 0. The van der Waals surface area contributed by atoms with Gasteiger partial charge in [0, 0.05) is 49.4 Å². The minimum absolute atomic E-state index is 0. The molecular formula is H6CaCl4Eu.